The number of aliphatic hydroxyl groups excluding tert-OH is 1. The first-order valence-corrected chi connectivity index (χ1v) is 9.88. The highest BCUT2D eigenvalue weighted by Gasteiger charge is 2.30. The maximum atomic E-state index is 12.6. The quantitative estimate of drug-likeness (QED) is 0.842. The van der Waals surface area contributed by atoms with Gasteiger partial charge in [-0.1, -0.05) is 0 Å². The van der Waals surface area contributed by atoms with Gasteiger partial charge in [-0.3, -0.25) is 9.69 Å². The summed E-state index contributed by atoms with van der Waals surface area (Å²) in [5.41, 5.74) is 1.24. The van der Waals surface area contributed by atoms with E-state index in [2.05, 4.69) is 21.7 Å². The molecular formula is C18H28N2O3S. The average molecular weight is 353 g/mol. The highest BCUT2D eigenvalue weighted by Crippen LogP contribution is 2.24. The van der Waals surface area contributed by atoms with Crippen molar-refractivity contribution in [2.24, 2.45) is 11.8 Å². The van der Waals surface area contributed by atoms with Crippen molar-refractivity contribution in [1.29, 1.82) is 0 Å². The smallest absolute Gasteiger partial charge is 0.222 e. The zero-order chi connectivity index (χ0) is 16.8. The van der Waals surface area contributed by atoms with Gasteiger partial charge in [0.15, 0.2) is 0 Å². The highest BCUT2D eigenvalue weighted by molar-refractivity contribution is 7.07. The van der Waals surface area contributed by atoms with Gasteiger partial charge >= 0.3 is 0 Å². The second-order valence-electron chi connectivity index (χ2n) is 6.99. The number of hydrogen-bond donors (Lipinski definition) is 1. The Kier molecular flexibility index (Phi) is 6.66. The fourth-order valence-corrected chi connectivity index (χ4v) is 4.48. The predicted molar refractivity (Wildman–Crippen MR) is 95.2 cm³/mol. The van der Waals surface area contributed by atoms with Crippen LogP contribution < -0.4 is 0 Å². The van der Waals surface area contributed by atoms with Crippen molar-refractivity contribution in [3.8, 4) is 0 Å². The van der Waals surface area contributed by atoms with Gasteiger partial charge in [0.25, 0.3) is 0 Å². The maximum Gasteiger partial charge on any atom is 0.222 e. The number of rotatable bonds is 6. The van der Waals surface area contributed by atoms with Crippen molar-refractivity contribution in [2.45, 2.75) is 19.3 Å². The molecule has 0 unspecified atom stereocenters. The van der Waals surface area contributed by atoms with Crippen LogP contribution in [0.5, 0.6) is 0 Å². The van der Waals surface area contributed by atoms with Gasteiger partial charge in [0.1, 0.15) is 0 Å². The van der Waals surface area contributed by atoms with Crippen molar-refractivity contribution in [3.63, 3.8) is 0 Å². The molecule has 3 rings (SSSR count). The number of piperidine rings is 1. The summed E-state index contributed by atoms with van der Waals surface area (Å²) < 4.78 is 5.41. The third kappa shape index (κ3) is 5.02. The minimum Gasteiger partial charge on any atom is -0.396 e. The number of aliphatic hydroxyl groups is 1. The summed E-state index contributed by atoms with van der Waals surface area (Å²) >= 11 is 1.68. The lowest BCUT2D eigenvalue weighted by atomic mass is 9.88. The summed E-state index contributed by atoms with van der Waals surface area (Å²) in [6.45, 7) is 6.29. The lowest BCUT2D eigenvalue weighted by molar-refractivity contribution is -0.134. The third-order valence-electron chi connectivity index (χ3n) is 5.06. The van der Waals surface area contributed by atoms with Crippen LogP contribution in [-0.4, -0.2) is 73.4 Å². The van der Waals surface area contributed by atoms with E-state index in [4.69, 9.17) is 4.74 Å². The third-order valence-corrected chi connectivity index (χ3v) is 5.79. The van der Waals surface area contributed by atoms with Gasteiger partial charge in [-0.15, -0.1) is 0 Å². The van der Waals surface area contributed by atoms with Gasteiger partial charge < -0.3 is 14.7 Å². The largest absolute Gasteiger partial charge is 0.396 e. The Balaban J connectivity index is 1.52. The van der Waals surface area contributed by atoms with E-state index in [1.54, 1.807) is 11.3 Å². The van der Waals surface area contributed by atoms with Gasteiger partial charge in [0.05, 0.1) is 13.2 Å². The van der Waals surface area contributed by atoms with Crippen LogP contribution >= 0.6 is 11.3 Å². The minimum atomic E-state index is 0.175. The van der Waals surface area contributed by atoms with Crippen LogP contribution in [0.15, 0.2) is 16.8 Å². The Morgan fingerprint density at radius 2 is 2.08 bits per heavy atom. The molecule has 0 spiro atoms. The van der Waals surface area contributed by atoms with Gasteiger partial charge in [0, 0.05) is 45.8 Å². The monoisotopic (exact) mass is 352 g/mol. The molecule has 2 fully saturated rings. The van der Waals surface area contributed by atoms with E-state index < -0.39 is 0 Å². The van der Waals surface area contributed by atoms with Crippen LogP contribution in [0, 0.1) is 11.8 Å². The molecule has 0 aliphatic carbocycles. The van der Waals surface area contributed by atoms with Crippen LogP contribution in [0.4, 0.5) is 0 Å². The first kappa shape index (κ1) is 17.9. The van der Waals surface area contributed by atoms with Crippen molar-refractivity contribution in [2.75, 3.05) is 52.5 Å². The van der Waals surface area contributed by atoms with E-state index in [1.807, 2.05) is 4.90 Å². The number of amides is 1. The number of thiophene rings is 1. The molecule has 1 N–H and O–H groups in total. The van der Waals surface area contributed by atoms with Crippen LogP contribution in [0.3, 0.4) is 0 Å². The molecule has 0 bridgehead atoms. The number of ether oxygens (including phenoxy) is 1. The molecule has 3 heterocycles. The van der Waals surface area contributed by atoms with E-state index in [0.29, 0.717) is 18.9 Å². The molecule has 2 saturated heterocycles. The fourth-order valence-electron chi connectivity index (χ4n) is 3.78. The predicted octanol–water partition coefficient (Wildman–Crippen LogP) is 1.47. The summed E-state index contributed by atoms with van der Waals surface area (Å²) in [4.78, 5) is 17.0. The summed E-state index contributed by atoms with van der Waals surface area (Å²) in [6.07, 6.45) is 2.40. The zero-order valence-electron chi connectivity index (χ0n) is 14.2. The van der Waals surface area contributed by atoms with Crippen LogP contribution in [0.1, 0.15) is 18.4 Å². The Morgan fingerprint density at radius 3 is 2.79 bits per heavy atom. The second kappa shape index (κ2) is 8.94. The number of aryl methyl sites for hydroxylation is 1. The molecular weight excluding hydrogens is 324 g/mol. The Bertz CT molecular complexity index is 502. The normalized spacial score (nSPS) is 25.8. The molecule has 2 aliphatic rings. The average Bonchev–Trinajstić information content (AvgIpc) is 3.13. The minimum absolute atomic E-state index is 0.175. The number of morpholine rings is 1. The summed E-state index contributed by atoms with van der Waals surface area (Å²) in [5, 5.41) is 13.8. The SMILES string of the molecule is O=C(CCc1ccsc1)N1C[C@H](CO)C[C@H](CN2CCOCC2)C1. The molecule has 6 heteroatoms. The van der Waals surface area contributed by atoms with Crippen molar-refractivity contribution in [3.05, 3.63) is 22.4 Å². The maximum absolute atomic E-state index is 12.6. The van der Waals surface area contributed by atoms with Crippen LogP contribution in [-0.2, 0) is 16.0 Å². The van der Waals surface area contributed by atoms with Crippen LogP contribution in [0.25, 0.3) is 0 Å². The topological polar surface area (TPSA) is 53.0 Å². The fraction of sp³-hybridized carbons (Fsp3) is 0.722. The molecule has 0 radical (unpaired) electrons. The van der Waals surface area contributed by atoms with Gasteiger partial charge in [-0.05, 0) is 47.1 Å². The lowest BCUT2D eigenvalue weighted by Crippen LogP contribution is -2.49. The highest BCUT2D eigenvalue weighted by atomic mass is 32.1. The Labute approximate surface area is 148 Å². The molecule has 2 atom stereocenters. The molecule has 1 amide bonds. The van der Waals surface area contributed by atoms with E-state index in [1.165, 1.54) is 5.56 Å². The van der Waals surface area contributed by atoms with E-state index in [0.717, 1.165) is 52.2 Å². The van der Waals surface area contributed by atoms with Crippen LogP contribution in [0.2, 0.25) is 0 Å². The number of carbonyl (C=O) groups is 1. The van der Waals surface area contributed by atoms with E-state index in [9.17, 15) is 9.90 Å². The van der Waals surface area contributed by atoms with Crippen molar-refractivity contribution < 1.29 is 14.6 Å². The molecule has 0 aromatic carbocycles. The van der Waals surface area contributed by atoms with Crippen molar-refractivity contribution in [1.82, 2.24) is 9.80 Å². The number of hydrogen-bond acceptors (Lipinski definition) is 5. The van der Waals surface area contributed by atoms with E-state index >= 15 is 0 Å². The molecule has 134 valence electrons. The molecule has 1 aromatic heterocycles. The molecule has 0 saturated carbocycles. The number of carbonyl (C=O) groups excluding carboxylic acids is 1. The van der Waals surface area contributed by atoms with E-state index in [-0.39, 0.29) is 18.4 Å². The lowest BCUT2D eigenvalue weighted by Gasteiger charge is -2.40. The summed E-state index contributed by atoms with van der Waals surface area (Å²) in [6, 6.07) is 2.09. The second-order valence-corrected chi connectivity index (χ2v) is 7.77. The number of nitrogens with zero attached hydrogens (tertiary/aromatic N) is 2. The Hall–Kier alpha value is -0.950. The van der Waals surface area contributed by atoms with Gasteiger partial charge in [-0.25, -0.2) is 0 Å². The first-order valence-electron chi connectivity index (χ1n) is 8.94. The standard InChI is InChI=1S/C18H28N2O3S/c21-13-17-9-16(10-19-4-6-23-7-5-19)11-20(12-17)18(22)2-1-15-3-8-24-14-15/h3,8,14,16-17,21H,1-2,4-7,9-13H2/t16-,17-/m1/s1. The Morgan fingerprint density at radius 1 is 1.29 bits per heavy atom. The zero-order valence-corrected chi connectivity index (χ0v) is 15.0. The molecule has 5 nitrogen and oxygen atoms in total. The summed E-state index contributed by atoms with van der Waals surface area (Å²) in [7, 11) is 0. The van der Waals surface area contributed by atoms with Gasteiger partial charge in [0.2, 0.25) is 5.91 Å². The number of likely N-dealkylation sites (tertiary alicyclic amines) is 1. The van der Waals surface area contributed by atoms with Gasteiger partial charge in [-0.2, -0.15) is 11.3 Å². The summed E-state index contributed by atoms with van der Waals surface area (Å²) in [5.74, 6) is 0.903. The first-order chi connectivity index (χ1) is 11.7. The molecule has 1 aromatic rings. The molecule has 2 aliphatic heterocycles. The molecule has 24 heavy (non-hydrogen) atoms. The van der Waals surface area contributed by atoms with Crippen molar-refractivity contribution >= 4 is 17.2 Å².